The molecule has 36 heavy (non-hydrogen) atoms. The van der Waals surface area contributed by atoms with Gasteiger partial charge in [-0.15, -0.1) is 0 Å². The molecule has 0 bridgehead atoms. The van der Waals surface area contributed by atoms with Crippen molar-refractivity contribution in [1.82, 2.24) is 10.2 Å². The highest BCUT2D eigenvalue weighted by molar-refractivity contribution is 7.92. The molecule has 2 aromatic rings. The average Bonchev–Trinajstić information content (AvgIpc) is 2.86. The molecule has 0 heterocycles. The lowest BCUT2D eigenvalue weighted by atomic mass is 10.1. The Morgan fingerprint density at radius 2 is 1.67 bits per heavy atom. The van der Waals surface area contributed by atoms with Gasteiger partial charge in [-0.3, -0.25) is 13.9 Å². The summed E-state index contributed by atoms with van der Waals surface area (Å²) in [5.74, 6) is 0.307. The minimum atomic E-state index is -3.55. The van der Waals surface area contributed by atoms with E-state index in [4.69, 9.17) is 4.74 Å². The molecule has 0 saturated carbocycles. The van der Waals surface area contributed by atoms with Crippen LogP contribution in [-0.4, -0.2) is 57.1 Å². The largest absolute Gasteiger partial charge is 0.494 e. The van der Waals surface area contributed by atoms with Crippen LogP contribution in [0.3, 0.4) is 0 Å². The third kappa shape index (κ3) is 8.86. The lowest BCUT2D eigenvalue weighted by Gasteiger charge is -2.31. The van der Waals surface area contributed by atoms with E-state index in [2.05, 4.69) is 5.32 Å². The van der Waals surface area contributed by atoms with Gasteiger partial charge >= 0.3 is 0 Å². The molecule has 9 heteroatoms. The molecule has 1 N–H and O–H groups in total. The molecule has 0 aromatic heterocycles. The third-order valence-electron chi connectivity index (χ3n) is 5.72. The number of carbonyl (C=O) groups is 2. The van der Waals surface area contributed by atoms with Crippen LogP contribution in [0.25, 0.3) is 0 Å². The maximum atomic E-state index is 13.4. The smallest absolute Gasteiger partial charge is 0.242 e. The fourth-order valence-electron chi connectivity index (χ4n) is 3.94. The van der Waals surface area contributed by atoms with E-state index in [0.29, 0.717) is 44.0 Å². The predicted octanol–water partition coefficient (Wildman–Crippen LogP) is 3.97. The zero-order valence-corrected chi connectivity index (χ0v) is 22.6. The average molecular weight is 518 g/mol. The summed E-state index contributed by atoms with van der Waals surface area (Å²) in [5.41, 5.74) is 1.44. The Labute approximate surface area is 215 Å². The zero-order chi connectivity index (χ0) is 26.6. The molecule has 2 aromatic carbocycles. The van der Waals surface area contributed by atoms with Gasteiger partial charge in [-0.25, -0.2) is 8.42 Å². The first kappa shape index (κ1) is 29.2. The molecule has 0 aliphatic carbocycles. The van der Waals surface area contributed by atoms with Crippen molar-refractivity contribution in [2.75, 3.05) is 30.3 Å². The normalized spacial score (nSPS) is 12.0. The van der Waals surface area contributed by atoms with Crippen molar-refractivity contribution in [3.63, 3.8) is 0 Å². The van der Waals surface area contributed by atoms with Crippen LogP contribution in [0.4, 0.5) is 5.69 Å². The molecule has 0 fully saturated rings. The molecule has 2 rings (SSSR count). The molecule has 0 saturated heterocycles. The number of rotatable bonds is 15. The topological polar surface area (TPSA) is 96.0 Å². The van der Waals surface area contributed by atoms with Gasteiger partial charge in [-0.05, 0) is 56.0 Å². The molecule has 198 valence electrons. The number of sulfonamides is 1. The second kappa shape index (κ2) is 14.5. The van der Waals surface area contributed by atoms with Crippen LogP contribution in [0.2, 0.25) is 0 Å². The Kier molecular flexibility index (Phi) is 11.7. The zero-order valence-electron chi connectivity index (χ0n) is 21.8. The number of hydrogen-bond acceptors (Lipinski definition) is 5. The summed E-state index contributed by atoms with van der Waals surface area (Å²) in [7, 11) is -3.55. The number of carbonyl (C=O) groups excluding carboxylic acids is 2. The van der Waals surface area contributed by atoms with E-state index in [0.717, 1.165) is 18.2 Å². The maximum Gasteiger partial charge on any atom is 0.242 e. The summed E-state index contributed by atoms with van der Waals surface area (Å²) in [5, 5.41) is 2.90. The van der Waals surface area contributed by atoms with Crippen LogP contribution in [0, 0.1) is 0 Å². The molecule has 0 aliphatic heterocycles. The fourth-order valence-corrected chi connectivity index (χ4v) is 4.91. The Hall–Kier alpha value is -3.07. The van der Waals surface area contributed by atoms with Gasteiger partial charge in [-0.1, -0.05) is 44.2 Å². The summed E-state index contributed by atoms with van der Waals surface area (Å²) in [6.07, 6.45) is 2.88. The second-order valence-corrected chi connectivity index (χ2v) is 10.5. The van der Waals surface area contributed by atoms with E-state index >= 15 is 0 Å². The van der Waals surface area contributed by atoms with Gasteiger partial charge < -0.3 is 15.0 Å². The highest BCUT2D eigenvalue weighted by atomic mass is 32.2. The summed E-state index contributed by atoms with van der Waals surface area (Å²) in [4.78, 5) is 27.8. The van der Waals surface area contributed by atoms with Crippen molar-refractivity contribution in [1.29, 1.82) is 0 Å². The number of anilines is 1. The summed E-state index contributed by atoms with van der Waals surface area (Å²) in [6, 6.07) is 15.8. The lowest BCUT2D eigenvalue weighted by Crippen LogP contribution is -2.49. The Bertz CT molecular complexity index is 1060. The first-order valence-electron chi connectivity index (χ1n) is 12.5. The quantitative estimate of drug-likeness (QED) is 0.386. The van der Waals surface area contributed by atoms with E-state index in [1.54, 1.807) is 29.2 Å². The van der Waals surface area contributed by atoms with Gasteiger partial charge in [0.1, 0.15) is 11.8 Å². The first-order valence-corrected chi connectivity index (χ1v) is 14.4. The molecule has 0 unspecified atom stereocenters. The molecule has 1 atom stereocenters. The van der Waals surface area contributed by atoms with Crippen molar-refractivity contribution in [3.8, 4) is 5.75 Å². The van der Waals surface area contributed by atoms with Crippen molar-refractivity contribution >= 4 is 27.5 Å². The van der Waals surface area contributed by atoms with E-state index in [9.17, 15) is 18.0 Å². The third-order valence-corrected chi connectivity index (χ3v) is 6.91. The van der Waals surface area contributed by atoms with E-state index in [1.807, 2.05) is 51.1 Å². The summed E-state index contributed by atoms with van der Waals surface area (Å²) in [6.45, 7) is 7.28. The Balaban J connectivity index is 2.16. The minimum absolute atomic E-state index is 0.118. The molecule has 8 nitrogen and oxygen atoms in total. The molecular formula is C27H39N3O5S. The van der Waals surface area contributed by atoms with Crippen LogP contribution in [0.15, 0.2) is 54.6 Å². The predicted molar refractivity (Wildman–Crippen MR) is 143 cm³/mol. The number of hydrogen-bond donors (Lipinski definition) is 1. The van der Waals surface area contributed by atoms with Crippen LogP contribution in [0.1, 0.15) is 52.0 Å². The Morgan fingerprint density at radius 3 is 2.22 bits per heavy atom. The first-order chi connectivity index (χ1) is 17.2. The van der Waals surface area contributed by atoms with Crippen LogP contribution in [0.5, 0.6) is 5.75 Å². The van der Waals surface area contributed by atoms with Crippen molar-refractivity contribution in [2.24, 2.45) is 0 Å². The minimum Gasteiger partial charge on any atom is -0.494 e. The second-order valence-electron chi connectivity index (χ2n) is 8.59. The van der Waals surface area contributed by atoms with Gasteiger partial charge in [0.05, 0.1) is 18.6 Å². The summed E-state index contributed by atoms with van der Waals surface area (Å²) >= 11 is 0. The van der Waals surface area contributed by atoms with Gasteiger partial charge in [0.25, 0.3) is 0 Å². The van der Waals surface area contributed by atoms with Crippen LogP contribution < -0.4 is 14.4 Å². The lowest BCUT2D eigenvalue weighted by molar-refractivity contribution is -0.141. The highest BCUT2D eigenvalue weighted by Gasteiger charge is 2.28. The van der Waals surface area contributed by atoms with Gasteiger partial charge in [0.2, 0.25) is 21.8 Å². The molecule has 0 radical (unpaired) electrons. The van der Waals surface area contributed by atoms with Gasteiger partial charge in [-0.2, -0.15) is 0 Å². The van der Waals surface area contributed by atoms with Crippen LogP contribution in [-0.2, 0) is 26.2 Å². The number of nitrogens with zero attached hydrogens (tertiary/aromatic N) is 2. The van der Waals surface area contributed by atoms with Crippen LogP contribution >= 0.6 is 0 Å². The molecular weight excluding hydrogens is 478 g/mol. The van der Waals surface area contributed by atoms with E-state index in [1.165, 1.54) is 4.31 Å². The number of ether oxygens (including phenoxy) is 1. The van der Waals surface area contributed by atoms with Crippen molar-refractivity contribution in [3.05, 3.63) is 60.2 Å². The van der Waals surface area contributed by atoms with Crippen molar-refractivity contribution < 1.29 is 22.7 Å². The SMILES string of the molecule is CCCNC(=O)[C@@H](CC)N(Cc1ccccc1)C(=O)CCCN(c1ccc(OCC)cc1)S(C)(=O)=O. The number of benzene rings is 2. The van der Waals surface area contributed by atoms with E-state index < -0.39 is 16.1 Å². The Morgan fingerprint density at radius 1 is 1.00 bits per heavy atom. The molecule has 2 amide bonds. The molecule has 0 spiro atoms. The fraction of sp³-hybridized carbons (Fsp3) is 0.481. The maximum absolute atomic E-state index is 13.4. The van der Waals surface area contributed by atoms with Crippen molar-refractivity contribution in [2.45, 2.75) is 59.0 Å². The number of amides is 2. The standard InChI is InChI=1S/C27H39N3O5S/c1-5-19-28-27(32)25(6-2)29(21-22-12-9-8-10-13-22)26(31)14-11-20-30(36(4,33)34)23-15-17-24(18-16-23)35-7-3/h8-10,12-13,15-18,25H,5-7,11,14,19-21H2,1-4H3,(H,28,32)/t25-/m1/s1. The summed E-state index contributed by atoms with van der Waals surface area (Å²) < 4.78 is 31.7. The van der Waals surface area contributed by atoms with Gasteiger partial charge in [0, 0.05) is 26.1 Å². The molecule has 0 aliphatic rings. The van der Waals surface area contributed by atoms with E-state index in [-0.39, 0.29) is 24.8 Å². The number of nitrogens with one attached hydrogen (secondary N) is 1. The monoisotopic (exact) mass is 517 g/mol. The van der Waals surface area contributed by atoms with Gasteiger partial charge in [0.15, 0.2) is 0 Å². The highest BCUT2D eigenvalue weighted by Crippen LogP contribution is 2.23.